The number of rotatable bonds is 3. The van der Waals surface area contributed by atoms with E-state index in [0.29, 0.717) is 17.4 Å². The van der Waals surface area contributed by atoms with Gasteiger partial charge < -0.3 is 5.32 Å². The van der Waals surface area contributed by atoms with E-state index in [0.717, 1.165) is 23.7 Å². The minimum atomic E-state index is -0.0113. The fraction of sp³-hybridized carbons (Fsp3) is 0.412. The van der Waals surface area contributed by atoms with Crippen LogP contribution in [0, 0.1) is 5.92 Å². The number of nitrogens with zero attached hydrogens (tertiary/aromatic N) is 1. The van der Waals surface area contributed by atoms with Gasteiger partial charge in [-0.05, 0) is 43.0 Å². The van der Waals surface area contributed by atoms with Crippen LogP contribution in [0.15, 0.2) is 36.5 Å². The summed E-state index contributed by atoms with van der Waals surface area (Å²) in [7, 11) is 0. The first-order valence-electron chi connectivity index (χ1n) is 7.49. The third-order valence-electron chi connectivity index (χ3n) is 4.29. The molecule has 21 heavy (non-hydrogen) atoms. The lowest BCUT2D eigenvalue weighted by atomic mass is 9.85. The lowest BCUT2D eigenvalue weighted by Crippen LogP contribution is -2.42. The van der Waals surface area contributed by atoms with Crippen molar-refractivity contribution in [3.8, 4) is 0 Å². The van der Waals surface area contributed by atoms with E-state index in [1.807, 2.05) is 30.3 Å². The molecular formula is C17H19ClN2O. The molecule has 2 unspecified atom stereocenters. The number of halogens is 1. The molecule has 1 saturated carbocycles. The first kappa shape index (κ1) is 14.3. The number of hydrogen-bond donors (Lipinski definition) is 1. The van der Waals surface area contributed by atoms with E-state index in [1.165, 1.54) is 12.8 Å². The highest BCUT2D eigenvalue weighted by Gasteiger charge is 2.26. The van der Waals surface area contributed by atoms with Crippen LogP contribution in [0.5, 0.6) is 0 Å². The SMILES string of the molecule is O=C(NC1CCCCC1CCl)c1ccc2ncccc2c1. The zero-order valence-corrected chi connectivity index (χ0v) is 12.6. The number of hydrogen-bond acceptors (Lipinski definition) is 2. The summed E-state index contributed by atoms with van der Waals surface area (Å²) in [6.45, 7) is 0. The zero-order valence-electron chi connectivity index (χ0n) is 11.9. The lowest BCUT2D eigenvalue weighted by Gasteiger charge is -2.30. The van der Waals surface area contributed by atoms with Gasteiger partial charge in [0.05, 0.1) is 5.52 Å². The Morgan fingerprint density at radius 2 is 2.14 bits per heavy atom. The number of carbonyl (C=O) groups is 1. The molecule has 1 aromatic heterocycles. The highest BCUT2D eigenvalue weighted by Crippen LogP contribution is 2.25. The van der Waals surface area contributed by atoms with Gasteiger partial charge in [-0.3, -0.25) is 9.78 Å². The summed E-state index contributed by atoms with van der Waals surface area (Å²) in [6, 6.07) is 9.69. The molecule has 3 rings (SSSR count). The largest absolute Gasteiger partial charge is 0.349 e. The normalized spacial score (nSPS) is 22.1. The number of benzene rings is 1. The minimum Gasteiger partial charge on any atom is -0.349 e. The van der Waals surface area contributed by atoms with Gasteiger partial charge in [-0.1, -0.05) is 18.9 Å². The first-order chi connectivity index (χ1) is 10.3. The number of fused-ring (bicyclic) bond motifs is 1. The molecule has 2 atom stereocenters. The Morgan fingerprint density at radius 3 is 3.00 bits per heavy atom. The van der Waals surface area contributed by atoms with Gasteiger partial charge in [-0.2, -0.15) is 0 Å². The maximum absolute atomic E-state index is 12.4. The molecule has 1 heterocycles. The molecule has 1 aliphatic rings. The molecule has 0 bridgehead atoms. The molecule has 0 saturated heterocycles. The van der Waals surface area contributed by atoms with E-state index >= 15 is 0 Å². The van der Waals surface area contributed by atoms with Gasteiger partial charge in [0.25, 0.3) is 5.91 Å². The van der Waals surface area contributed by atoms with Gasteiger partial charge in [-0.25, -0.2) is 0 Å². The summed E-state index contributed by atoms with van der Waals surface area (Å²) in [6.07, 6.45) is 6.27. The second-order valence-corrected chi connectivity index (χ2v) is 6.00. The number of aromatic nitrogens is 1. The number of alkyl halides is 1. The van der Waals surface area contributed by atoms with E-state index in [1.54, 1.807) is 6.20 Å². The zero-order chi connectivity index (χ0) is 14.7. The van der Waals surface area contributed by atoms with Crippen molar-refractivity contribution in [1.29, 1.82) is 0 Å². The van der Waals surface area contributed by atoms with Crippen LogP contribution < -0.4 is 5.32 Å². The molecule has 1 aromatic carbocycles. The highest BCUT2D eigenvalue weighted by molar-refractivity contribution is 6.18. The van der Waals surface area contributed by atoms with Crippen molar-refractivity contribution < 1.29 is 4.79 Å². The van der Waals surface area contributed by atoms with E-state index in [-0.39, 0.29) is 11.9 Å². The molecule has 110 valence electrons. The van der Waals surface area contributed by atoms with Crippen LogP contribution in [0.2, 0.25) is 0 Å². The van der Waals surface area contributed by atoms with Crippen molar-refractivity contribution in [2.45, 2.75) is 31.7 Å². The molecule has 0 radical (unpaired) electrons. The molecule has 1 fully saturated rings. The van der Waals surface area contributed by atoms with Gasteiger partial charge >= 0.3 is 0 Å². The summed E-state index contributed by atoms with van der Waals surface area (Å²) in [4.78, 5) is 16.7. The van der Waals surface area contributed by atoms with Crippen LogP contribution in [0.3, 0.4) is 0 Å². The van der Waals surface area contributed by atoms with Crippen LogP contribution in [0.25, 0.3) is 10.9 Å². The standard InChI is InChI=1S/C17H19ClN2O/c18-11-14-4-1-2-6-16(14)20-17(21)13-7-8-15-12(10-13)5-3-9-19-15/h3,5,7-10,14,16H,1-2,4,6,11H2,(H,20,21). The molecule has 1 amide bonds. The Morgan fingerprint density at radius 1 is 1.29 bits per heavy atom. The van der Waals surface area contributed by atoms with Gasteiger partial charge in [0, 0.05) is 29.1 Å². The number of carbonyl (C=O) groups excluding carboxylic acids is 1. The topological polar surface area (TPSA) is 42.0 Å². The van der Waals surface area contributed by atoms with Gasteiger partial charge in [0.1, 0.15) is 0 Å². The smallest absolute Gasteiger partial charge is 0.251 e. The summed E-state index contributed by atoms with van der Waals surface area (Å²) in [5, 5.41) is 4.15. The third-order valence-corrected chi connectivity index (χ3v) is 4.69. The van der Waals surface area contributed by atoms with Crippen molar-refractivity contribution in [3.63, 3.8) is 0 Å². The Labute approximate surface area is 129 Å². The quantitative estimate of drug-likeness (QED) is 0.877. The second kappa shape index (κ2) is 6.44. The Balaban J connectivity index is 1.76. The number of pyridine rings is 1. The Hall–Kier alpha value is -1.61. The second-order valence-electron chi connectivity index (χ2n) is 5.69. The predicted molar refractivity (Wildman–Crippen MR) is 85.7 cm³/mol. The van der Waals surface area contributed by atoms with E-state index in [2.05, 4.69) is 10.3 Å². The maximum atomic E-state index is 12.4. The molecule has 1 aliphatic carbocycles. The van der Waals surface area contributed by atoms with Crippen LogP contribution in [-0.2, 0) is 0 Å². The minimum absolute atomic E-state index is 0.0113. The van der Waals surface area contributed by atoms with Crippen molar-refractivity contribution >= 4 is 28.4 Å². The van der Waals surface area contributed by atoms with E-state index in [9.17, 15) is 4.79 Å². The average molecular weight is 303 g/mol. The molecule has 0 spiro atoms. The summed E-state index contributed by atoms with van der Waals surface area (Å²) < 4.78 is 0. The highest BCUT2D eigenvalue weighted by atomic mass is 35.5. The molecule has 1 N–H and O–H groups in total. The summed E-state index contributed by atoms with van der Waals surface area (Å²) in [5.74, 6) is 1.00. The van der Waals surface area contributed by atoms with Crippen LogP contribution in [0.1, 0.15) is 36.0 Å². The van der Waals surface area contributed by atoms with Gasteiger partial charge in [0.2, 0.25) is 0 Å². The first-order valence-corrected chi connectivity index (χ1v) is 8.03. The monoisotopic (exact) mass is 302 g/mol. The average Bonchev–Trinajstić information content (AvgIpc) is 2.55. The van der Waals surface area contributed by atoms with Crippen LogP contribution >= 0.6 is 11.6 Å². The van der Waals surface area contributed by atoms with Crippen molar-refractivity contribution in [2.75, 3.05) is 5.88 Å². The van der Waals surface area contributed by atoms with Crippen molar-refractivity contribution in [2.24, 2.45) is 5.92 Å². The Kier molecular flexibility index (Phi) is 4.39. The number of nitrogens with one attached hydrogen (secondary N) is 1. The molecule has 3 nitrogen and oxygen atoms in total. The predicted octanol–water partition coefficient (Wildman–Crippen LogP) is 3.76. The van der Waals surface area contributed by atoms with Crippen molar-refractivity contribution in [3.05, 3.63) is 42.1 Å². The van der Waals surface area contributed by atoms with Crippen molar-refractivity contribution in [1.82, 2.24) is 10.3 Å². The Bertz CT molecular complexity index is 643. The molecule has 4 heteroatoms. The maximum Gasteiger partial charge on any atom is 0.251 e. The summed E-state index contributed by atoms with van der Waals surface area (Å²) in [5.41, 5.74) is 1.60. The molecule has 2 aromatic rings. The molecular weight excluding hydrogens is 284 g/mol. The van der Waals surface area contributed by atoms with Crippen LogP contribution in [-0.4, -0.2) is 22.8 Å². The lowest BCUT2D eigenvalue weighted by molar-refractivity contribution is 0.0911. The fourth-order valence-corrected chi connectivity index (χ4v) is 3.42. The van der Waals surface area contributed by atoms with Gasteiger partial charge in [0.15, 0.2) is 0 Å². The number of amides is 1. The van der Waals surface area contributed by atoms with Gasteiger partial charge in [-0.15, -0.1) is 11.6 Å². The fourth-order valence-electron chi connectivity index (χ4n) is 3.05. The summed E-state index contributed by atoms with van der Waals surface area (Å²) >= 11 is 6.02. The van der Waals surface area contributed by atoms with Crippen LogP contribution in [0.4, 0.5) is 0 Å². The third kappa shape index (κ3) is 3.18. The van der Waals surface area contributed by atoms with E-state index < -0.39 is 0 Å². The molecule has 0 aliphatic heterocycles. The van der Waals surface area contributed by atoms with E-state index in [4.69, 9.17) is 11.6 Å².